The van der Waals surface area contributed by atoms with E-state index in [2.05, 4.69) is 11.9 Å². The molecule has 1 aromatic heterocycles. The fourth-order valence-electron chi connectivity index (χ4n) is 1.96. The average Bonchev–Trinajstić information content (AvgIpc) is 2.64. The maximum atomic E-state index is 11.1. The largest absolute Gasteiger partial charge is 0.478 e. The Kier molecular flexibility index (Phi) is 3.01. The number of aromatic nitrogens is 1. The van der Waals surface area contributed by atoms with Gasteiger partial charge in [0.1, 0.15) is 16.5 Å². The number of halogens is 1. The van der Waals surface area contributed by atoms with Crippen molar-refractivity contribution >= 4 is 23.4 Å². The van der Waals surface area contributed by atoms with Crippen LogP contribution in [0.3, 0.4) is 0 Å². The van der Waals surface area contributed by atoms with Gasteiger partial charge >= 0.3 is 5.97 Å². The van der Waals surface area contributed by atoms with E-state index in [1.165, 1.54) is 12.1 Å². The van der Waals surface area contributed by atoms with Crippen LogP contribution in [0.4, 0.5) is 5.82 Å². The van der Waals surface area contributed by atoms with Gasteiger partial charge in [0.05, 0.1) is 0 Å². The molecule has 2 heterocycles. The summed E-state index contributed by atoms with van der Waals surface area (Å²) in [5.74, 6) is 0.102. The molecule has 1 aliphatic rings. The van der Waals surface area contributed by atoms with Crippen LogP contribution in [0.15, 0.2) is 12.1 Å². The van der Waals surface area contributed by atoms with Gasteiger partial charge in [-0.3, -0.25) is 0 Å². The first-order valence-corrected chi connectivity index (χ1v) is 5.60. The highest BCUT2D eigenvalue weighted by Gasteiger charge is 2.24. The first-order valence-electron chi connectivity index (χ1n) is 5.22. The van der Waals surface area contributed by atoms with Crippen LogP contribution in [0.25, 0.3) is 0 Å². The lowest BCUT2D eigenvalue weighted by atomic mass is 10.2. The van der Waals surface area contributed by atoms with Gasteiger partial charge in [-0.15, -0.1) is 0 Å². The molecule has 1 aliphatic heterocycles. The first-order chi connectivity index (χ1) is 7.58. The molecule has 0 aliphatic carbocycles. The number of pyridine rings is 1. The molecule has 0 spiro atoms. The summed E-state index contributed by atoms with van der Waals surface area (Å²) in [4.78, 5) is 17.2. The van der Waals surface area contributed by atoms with E-state index in [1.54, 1.807) is 0 Å². The van der Waals surface area contributed by atoms with E-state index in [0.717, 1.165) is 19.5 Å². The lowest BCUT2D eigenvalue weighted by Crippen LogP contribution is -2.23. The third kappa shape index (κ3) is 2.11. The second-order valence-corrected chi connectivity index (χ2v) is 4.54. The lowest BCUT2D eigenvalue weighted by Gasteiger charge is -2.18. The number of carboxylic acids is 1. The number of aromatic carboxylic acids is 1. The van der Waals surface area contributed by atoms with Crippen LogP contribution in [-0.4, -0.2) is 29.1 Å². The predicted molar refractivity (Wildman–Crippen MR) is 62.2 cm³/mol. The fourth-order valence-corrected chi connectivity index (χ4v) is 2.10. The van der Waals surface area contributed by atoms with Crippen LogP contribution < -0.4 is 4.90 Å². The molecule has 1 aromatic rings. The minimum atomic E-state index is -0.960. The number of carboxylic acid groups (broad SMARTS) is 1. The van der Waals surface area contributed by atoms with Gasteiger partial charge in [-0.05, 0) is 24.5 Å². The molecule has 0 saturated carbocycles. The number of hydrogen-bond acceptors (Lipinski definition) is 3. The minimum Gasteiger partial charge on any atom is -0.478 e. The Balaban J connectivity index is 2.37. The summed E-state index contributed by atoms with van der Waals surface area (Å²) in [5, 5.41) is 9.41. The summed E-state index contributed by atoms with van der Waals surface area (Å²) < 4.78 is 0. The summed E-state index contributed by atoms with van der Waals surface area (Å²) in [6.07, 6.45) is 1.06. The Hall–Kier alpha value is -1.29. The molecule has 1 fully saturated rings. The van der Waals surface area contributed by atoms with Crippen molar-refractivity contribution in [1.82, 2.24) is 4.98 Å². The Morgan fingerprint density at radius 3 is 2.94 bits per heavy atom. The van der Waals surface area contributed by atoms with Gasteiger partial charge in [-0.1, -0.05) is 18.5 Å². The second-order valence-electron chi connectivity index (χ2n) is 4.15. The topological polar surface area (TPSA) is 53.4 Å². The Labute approximate surface area is 98.9 Å². The number of rotatable bonds is 2. The number of carbonyl (C=O) groups is 1. The Morgan fingerprint density at radius 1 is 1.62 bits per heavy atom. The summed E-state index contributed by atoms with van der Waals surface area (Å²) in [7, 11) is 0. The summed E-state index contributed by atoms with van der Waals surface area (Å²) in [6, 6.07) is 3.02. The van der Waals surface area contributed by atoms with Gasteiger partial charge in [0.25, 0.3) is 0 Å². The third-order valence-electron chi connectivity index (χ3n) is 2.79. The quantitative estimate of drug-likeness (QED) is 0.806. The molecule has 4 nitrogen and oxygen atoms in total. The Bertz CT molecular complexity index is 422. The van der Waals surface area contributed by atoms with Gasteiger partial charge in [-0.25, -0.2) is 9.78 Å². The predicted octanol–water partition coefficient (Wildman–Crippen LogP) is 2.28. The Morgan fingerprint density at radius 2 is 2.38 bits per heavy atom. The van der Waals surface area contributed by atoms with Crippen LogP contribution in [0.1, 0.15) is 23.7 Å². The van der Waals surface area contributed by atoms with Crippen LogP contribution in [0, 0.1) is 5.92 Å². The molecule has 0 bridgehead atoms. The van der Waals surface area contributed by atoms with Crippen molar-refractivity contribution in [3.8, 4) is 0 Å². The van der Waals surface area contributed by atoms with Crippen LogP contribution in [-0.2, 0) is 0 Å². The van der Waals surface area contributed by atoms with Crippen molar-refractivity contribution in [2.24, 2.45) is 5.92 Å². The zero-order valence-corrected chi connectivity index (χ0v) is 9.74. The summed E-state index contributed by atoms with van der Waals surface area (Å²) >= 11 is 5.81. The molecule has 1 unspecified atom stereocenters. The van der Waals surface area contributed by atoms with Crippen LogP contribution in [0.2, 0.25) is 5.15 Å². The van der Waals surface area contributed by atoms with E-state index in [9.17, 15) is 4.79 Å². The second kappa shape index (κ2) is 4.29. The molecule has 2 rings (SSSR count). The van der Waals surface area contributed by atoms with Crippen molar-refractivity contribution in [3.05, 3.63) is 22.8 Å². The van der Waals surface area contributed by atoms with E-state index in [4.69, 9.17) is 16.7 Å². The summed E-state index contributed by atoms with van der Waals surface area (Å²) in [6.45, 7) is 3.83. The fraction of sp³-hybridized carbons (Fsp3) is 0.455. The van der Waals surface area contributed by atoms with E-state index in [1.807, 2.05) is 4.90 Å². The van der Waals surface area contributed by atoms with Crippen molar-refractivity contribution in [1.29, 1.82) is 0 Å². The molecule has 0 radical (unpaired) electrons. The highest BCUT2D eigenvalue weighted by atomic mass is 35.5. The van der Waals surface area contributed by atoms with Crippen molar-refractivity contribution in [3.63, 3.8) is 0 Å². The molecule has 1 atom stereocenters. The van der Waals surface area contributed by atoms with Crippen LogP contribution in [0.5, 0.6) is 0 Å². The third-order valence-corrected chi connectivity index (χ3v) is 3.01. The molecule has 1 N–H and O–H groups in total. The van der Waals surface area contributed by atoms with Gasteiger partial charge < -0.3 is 10.0 Å². The lowest BCUT2D eigenvalue weighted by molar-refractivity contribution is 0.0697. The molecule has 1 saturated heterocycles. The maximum Gasteiger partial charge on any atom is 0.339 e. The van der Waals surface area contributed by atoms with Crippen LogP contribution >= 0.6 is 11.6 Å². The summed E-state index contributed by atoms with van der Waals surface area (Å²) in [5.41, 5.74) is 0.221. The number of nitrogens with zero attached hydrogens (tertiary/aromatic N) is 2. The highest BCUT2D eigenvalue weighted by molar-refractivity contribution is 6.29. The van der Waals surface area contributed by atoms with Crippen molar-refractivity contribution < 1.29 is 9.90 Å². The first kappa shape index (κ1) is 11.2. The monoisotopic (exact) mass is 240 g/mol. The molecule has 5 heteroatoms. The van der Waals surface area contributed by atoms with Gasteiger partial charge in [-0.2, -0.15) is 0 Å². The van der Waals surface area contributed by atoms with E-state index in [-0.39, 0.29) is 5.56 Å². The minimum absolute atomic E-state index is 0.221. The molecule has 0 amide bonds. The van der Waals surface area contributed by atoms with Gasteiger partial charge in [0, 0.05) is 13.1 Å². The molecule has 0 aromatic carbocycles. The van der Waals surface area contributed by atoms with Crippen molar-refractivity contribution in [2.45, 2.75) is 13.3 Å². The zero-order chi connectivity index (χ0) is 11.7. The van der Waals surface area contributed by atoms with E-state index < -0.39 is 5.97 Å². The highest BCUT2D eigenvalue weighted by Crippen LogP contribution is 2.26. The molecular weight excluding hydrogens is 228 g/mol. The van der Waals surface area contributed by atoms with Crippen molar-refractivity contribution in [2.75, 3.05) is 18.0 Å². The normalized spacial score (nSPS) is 20.1. The molecule has 86 valence electrons. The van der Waals surface area contributed by atoms with Gasteiger partial charge in [0.15, 0.2) is 0 Å². The molecular formula is C11H13ClN2O2. The average molecular weight is 241 g/mol. The van der Waals surface area contributed by atoms with Gasteiger partial charge in [0.2, 0.25) is 0 Å². The zero-order valence-electron chi connectivity index (χ0n) is 8.98. The number of hydrogen-bond donors (Lipinski definition) is 1. The molecule has 16 heavy (non-hydrogen) atoms. The van der Waals surface area contributed by atoms with E-state index in [0.29, 0.717) is 16.9 Å². The maximum absolute atomic E-state index is 11.1. The standard InChI is InChI=1S/C11H13ClN2O2/c1-7-4-5-14(6-7)10-8(11(15)16)2-3-9(12)13-10/h2-3,7H,4-6H2,1H3,(H,15,16). The number of anilines is 1. The SMILES string of the molecule is CC1CCN(c2nc(Cl)ccc2C(=O)O)C1. The smallest absolute Gasteiger partial charge is 0.339 e. The van der Waals surface area contributed by atoms with E-state index >= 15 is 0 Å².